The molecule has 1 fully saturated rings. The molecular formula is C18H25NO3. The van der Waals surface area contributed by atoms with Crippen molar-refractivity contribution in [3.63, 3.8) is 0 Å². The molecule has 1 heterocycles. The Morgan fingerprint density at radius 1 is 1.27 bits per heavy atom. The summed E-state index contributed by atoms with van der Waals surface area (Å²) in [6.07, 6.45) is 5.68. The van der Waals surface area contributed by atoms with Crippen molar-refractivity contribution in [1.29, 1.82) is 0 Å². The quantitative estimate of drug-likeness (QED) is 0.867. The average molecular weight is 303 g/mol. The number of likely N-dealkylation sites (N-methyl/N-ethyl adjacent to an activating group) is 1. The molecule has 0 spiro atoms. The van der Waals surface area contributed by atoms with Crippen LogP contribution >= 0.6 is 0 Å². The van der Waals surface area contributed by atoms with Crippen LogP contribution in [0, 0.1) is 0 Å². The molecule has 1 saturated heterocycles. The first-order valence-corrected chi connectivity index (χ1v) is 7.98. The smallest absolute Gasteiger partial charge is 0.161 e. The van der Waals surface area contributed by atoms with Gasteiger partial charge in [-0.15, -0.1) is 0 Å². The number of hydrogen-bond donors (Lipinski definition) is 1. The Kier molecular flexibility index (Phi) is 4.15. The van der Waals surface area contributed by atoms with Gasteiger partial charge in [-0.2, -0.15) is 0 Å². The molecule has 1 aliphatic carbocycles. The van der Waals surface area contributed by atoms with Gasteiger partial charge in [-0.05, 0) is 43.6 Å². The minimum absolute atomic E-state index is 0.0329. The summed E-state index contributed by atoms with van der Waals surface area (Å²) in [4.78, 5) is 2.48. The molecule has 0 aromatic heterocycles. The Balaban J connectivity index is 2.06. The van der Waals surface area contributed by atoms with E-state index >= 15 is 0 Å². The first-order chi connectivity index (χ1) is 10.6. The van der Waals surface area contributed by atoms with Gasteiger partial charge in [0.15, 0.2) is 11.5 Å². The maximum Gasteiger partial charge on any atom is 0.161 e. The van der Waals surface area contributed by atoms with Gasteiger partial charge in [0.25, 0.3) is 0 Å². The summed E-state index contributed by atoms with van der Waals surface area (Å²) < 4.78 is 10.8. The third kappa shape index (κ3) is 2.31. The van der Waals surface area contributed by atoms with Crippen LogP contribution in [0.5, 0.6) is 11.5 Å². The molecule has 0 unspecified atom stereocenters. The van der Waals surface area contributed by atoms with E-state index in [9.17, 15) is 5.11 Å². The Labute approximate surface area is 132 Å². The van der Waals surface area contributed by atoms with Gasteiger partial charge in [0.1, 0.15) is 0 Å². The lowest BCUT2D eigenvalue weighted by Gasteiger charge is -2.40. The number of likely N-dealkylation sites (tertiary alicyclic amines) is 1. The second-order valence-electron chi connectivity index (χ2n) is 6.17. The topological polar surface area (TPSA) is 41.9 Å². The molecule has 0 radical (unpaired) electrons. The normalized spacial score (nSPS) is 31.1. The van der Waals surface area contributed by atoms with Crippen molar-refractivity contribution in [2.45, 2.75) is 37.3 Å². The molecule has 1 N–H and O–H groups in total. The highest BCUT2D eigenvalue weighted by atomic mass is 16.5. The zero-order valence-electron chi connectivity index (χ0n) is 13.6. The second-order valence-corrected chi connectivity index (χ2v) is 6.17. The van der Waals surface area contributed by atoms with Gasteiger partial charge in [0, 0.05) is 11.5 Å². The lowest BCUT2D eigenvalue weighted by atomic mass is 9.69. The van der Waals surface area contributed by atoms with Crippen LogP contribution < -0.4 is 9.47 Å². The van der Waals surface area contributed by atoms with Crippen molar-refractivity contribution < 1.29 is 14.6 Å². The van der Waals surface area contributed by atoms with Crippen molar-refractivity contribution >= 4 is 0 Å². The van der Waals surface area contributed by atoms with E-state index in [1.165, 1.54) is 5.56 Å². The number of aliphatic hydroxyl groups is 1. The van der Waals surface area contributed by atoms with Crippen LogP contribution in [0.2, 0.25) is 0 Å². The Morgan fingerprint density at radius 3 is 2.73 bits per heavy atom. The SMILES string of the molecule is CCN1CC[C@]2(c3ccc(OC)c(OC)c3)C=C[C@H](O)C[C@H]12. The van der Waals surface area contributed by atoms with E-state index in [-0.39, 0.29) is 11.5 Å². The van der Waals surface area contributed by atoms with Crippen LogP contribution in [0.15, 0.2) is 30.4 Å². The number of ether oxygens (including phenoxy) is 2. The largest absolute Gasteiger partial charge is 0.493 e. The van der Waals surface area contributed by atoms with Crippen LogP contribution in [0.3, 0.4) is 0 Å². The highest BCUT2D eigenvalue weighted by Gasteiger charge is 2.48. The first-order valence-electron chi connectivity index (χ1n) is 7.98. The first kappa shape index (κ1) is 15.4. The molecule has 3 atom stereocenters. The van der Waals surface area contributed by atoms with Crippen molar-refractivity contribution in [2.75, 3.05) is 27.3 Å². The molecular weight excluding hydrogens is 278 g/mol. The van der Waals surface area contributed by atoms with E-state index in [2.05, 4.69) is 30.0 Å². The second kappa shape index (κ2) is 5.94. The fraction of sp³-hybridized carbons (Fsp3) is 0.556. The Morgan fingerprint density at radius 2 is 2.05 bits per heavy atom. The molecule has 4 heteroatoms. The number of aliphatic hydroxyl groups excluding tert-OH is 1. The summed E-state index contributed by atoms with van der Waals surface area (Å²) in [6.45, 7) is 4.27. The van der Waals surface area contributed by atoms with Crippen molar-refractivity contribution in [2.24, 2.45) is 0 Å². The number of benzene rings is 1. The van der Waals surface area contributed by atoms with Crippen LogP contribution in [0.25, 0.3) is 0 Å². The van der Waals surface area contributed by atoms with Gasteiger partial charge in [-0.3, -0.25) is 4.90 Å². The monoisotopic (exact) mass is 303 g/mol. The van der Waals surface area contributed by atoms with E-state index in [0.29, 0.717) is 6.04 Å². The molecule has 0 bridgehead atoms. The molecule has 120 valence electrons. The summed E-state index contributed by atoms with van der Waals surface area (Å²) in [6, 6.07) is 6.55. The third-order valence-electron chi connectivity index (χ3n) is 5.26. The average Bonchev–Trinajstić information content (AvgIpc) is 2.93. The lowest BCUT2D eigenvalue weighted by molar-refractivity contribution is 0.127. The predicted octanol–water partition coefficient (Wildman–Crippen LogP) is 2.36. The maximum absolute atomic E-state index is 10.1. The molecule has 0 saturated carbocycles. The zero-order valence-corrected chi connectivity index (χ0v) is 13.6. The van der Waals surface area contributed by atoms with Crippen LogP contribution in [-0.4, -0.2) is 49.5 Å². The van der Waals surface area contributed by atoms with E-state index in [4.69, 9.17) is 9.47 Å². The summed E-state index contributed by atoms with van der Waals surface area (Å²) in [5.41, 5.74) is 1.21. The molecule has 22 heavy (non-hydrogen) atoms. The number of fused-ring (bicyclic) bond motifs is 1. The maximum atomic E-state index is 10.1. The van der Waals surface area contributed by atoms with Crippen molar-refractivity contribution in [1.82, 2.24) is 4.90 Å². The zero-order chi connectivity index (χ0) is 15.7. The van der Waals surface area contributed by atoms with Gasteiger partial charge >= 0.3 is 0 Å². The number of rotatable bonds is 4. The third-order valence-corrected chi connectivity index (χ3v) is 5.26. The number of nitrogens with zero attached hydrogens (tertiary/aromatic N) is 1. The summed E-state index contributed by atoms with van der Waals surface area (Å²) in [5.74, 6) is 1.52. The van der Waals surface area contributed by atoms with Gasteiger partial charge in [0.2, 0.25) is 0 Å². The molecule has 2 aliphatic rings. The van der Waals surface area contributed by atoms with Crippen LogP contribution in [0.4, 0.5) is 0 Å². The molecule has 3 rings (SSSR count). The highest BCUT2D eigenvalue weighted by Crippen LogP contribution is 2.47. The minimum atomic E-state index is -0.342. The molecule has 1 aromatic rings. The number of methoxy groups -OCH3 is 2. The summed E-state index contributed by atoms with van der Waals surface area (Å²) in [7, 11) is 3.33. The van der Waals surface area contributed by atoms with Crippen molar-refractivity contribution in [3.05, 3.63) is 35.9 Å². The lowest BCUT2D eigenvalue weighted by Crippen LogP contribution is -2.45. The van der Waals surface area contributed by atoms with E-state index in [0.717, 1.165) is 37.4 Å². The number of hydrogen-bond acceptors (Lipinski definition) is 4. The van der Waals surface area contributed by atoms with Gasteiger partial charge in [-0.25, -0.2) is 0 Å². The molecule has 4 nitrogen and oxygen atoms in total. The molecule has 0 amide bonds. The van der Waals surface area contributed by atoms with E-state index in [1.54, 1.807) is 14.2 Å². The Hall–Kier alpha value is -1.52. The van der Waals surface area contributed by atoms with Crippen LogP contribution in [-0.2, 0) is 5.41 Å². The van der Waals surface area contributed by atoms with Gasteiger partial charge in [-0.1, -0.05) is 25.1 Å². The van der Waals surface area contributed by atoms with Gasteiger partial charge in [0.05, 0.1) is 20.3 Å². The van der Waals surface area contributed by atoms with E-state index < -0.39 is 0 Å². The standard InChI is InChI=1S/C18H25NO3/c1-4-19-10-9-18(8-7-14(20)12-17(18)19)13-5-6-15(21-2)16(11-13)22-3/h5-8,11,14,17,20H,4,9-10,12H2,1-3H3/t14-,17-,18-/m0/s1. The predicted molar refractivity (Wildman–Crippen MR) is 86.6 cm³/mol. The Bertz CT molecular complexity index is 571. The van der Waals surface area contributed by atoms with Crippen molar-refractivity contribution in [3.8, 4) is 11.5 Å². The van der Waals surface area contributed by atoms with Gasteiger partial charge < -0.3 is 14.6 Å². The fourth-order valence-electron chi connectivity index (χ4n) is 4.06. The summed E-state index contributed by atoms with van der Waals surface area (Å²) in [5, 5.41) is 10.1. The molecule has 1 aliphatic heterocycles. The highest BCUT2D eigenvalue weighted by molar-refractivity contribution is 5.48. The minimum Gasteiger partial charge on any atom is -0.493 e. The summed E-state index contributed by atoms with van der Waals surface area (Å²) >= 11 is 0. The fourth-order valence-corrected chi connectivity index (χ4v) is 4.06. The molecule has 1 aromatic carbocycles. The van der Waals surface area contributed by atoms with E-state index in [1.807, 2.05) is 12.1 Å². The van der Waals surface area contributed by atoms with Crippen LogP contribution in [0.1, 0.15) is 25.3 Å².